The fourth-order valence-corrected chi connectivity index (χ4v) is 5.42. The molecule has 5 nitrogen and oxygen atoms in total. The second kappa shape index (κ2) is 8.53. The van der Waals surface area contributed by atoms with Gasteiger partial charge in [0.1, 0.15) is 0 Å². The van der Waals surface area contributed by atoms with E-state index < -0.39 is 0 Å². The van der Waals surface area contributed by atoms with Gasteiger partial charge in [-0.1, -0.05) is 0 Å². The predicted octanol–water partition coefficient (Wildman–Crippen LogP) is 2.87. The molecule has 27 heavy (non-hydrogen) atoms. The number of carbonyl (C=O) groups excluding carboxylic acids is 2. The zero-order valence-corrected chi connectivity index (χ0v) is 17.4. The van der Waals surface area contributed by atoms with Gasteiger partial charge in [0, 0.05) is 30.6 Å². The summed E-state index contributed by atoms with van der Waals surface area (Å²) in [5.74, 6) is 2.46. The minimum absolute atomic E-state index is 0.00645. The van der Waals surface area contributed by atoms with Crippen molar-refractivity contribution >= 4 is 34.9 Å². The third-order valence-electron chi connectivity index (χ3n) is 6.08. The van der Waals surface area contributed by atoms with Crippen LogP contribution in [0.4, 0.5) is 0 Å². The van der Waals surface area contributed by atoms with E-state index in [9.17, 15) is 9.59 Å². The lowest BCUT2D eigenvalue weighted by molar-refractivity contribution is -0.127. The SMILES string of the molecule is CSCC(=O)N1C[C@H]2C[C@H](OCC3CC3)[C@@H](NC(=O)c3ccsc3)C[C@H]2C1. The highest BCUT2D eigenvalue weighted by molar-refractivity contribution is 7.99. The van der Waals surface area contributed by atoms with Gasteiger partial charge in [-0.25, -0.2) is 0 Å². The van der Waals surface area contributed by atoms with Crippen molar-refractivity contribution in [3.8, 4) is 0 Å². The number of thioether (sulfide) groups is 1. The van der Waals surface area contributed by atoms with Crippen molar-refractivity contribution in [2.24, 2.45) is 17.8 Å². The molecule has 4 rings (SSSR count). The van der Waals surface area contributed by atoms with Crippen molar-refractivity contribution in [1.82, 2.24) is 10.2 Å². The molecule has 4 atom stereocenters. The van der Waals surface area contributed by atoms with Crippen LogP contribution in [-0.4, -0.2) is 60.6 Å². The van der Waals surface area contributed by atoms with Gasteiger partial charge in [0.2, 0.25) is 5.91 Å². The lowest BCUT2D eigenvalue weighted by Gasteiger charge is -2.38. The summed E-state index contributed by atoms with van der Waals surface area (Å²) >= 11 is 3.12. The molecule has 3 aliphatic rings. The molecule has 0 bridgehead atoms. The van der Waals surface area contributed by atoms with Crippen molar-refractivity contribution in [3.63, 3.8) is 0 Å². The Kier molecular flexibility index (Phi) is 6.09. The van der Waals surface area contributed by atoms with Crippen LogP contribution < -0.4 is 5.32 Å². The Labute approximate surface area is 169 Å². The number of rotatable bonds is 7. The molecule has 2 saturated carbocycles. The van der Waals surface area contributed by atoms with E-state index in [2.05, 4.69) is 5.32 Å². The van der Waals surface area contributed by atoms with Gasteiger partial charge in [-0.05, 0) is 61.1 Å². The van der Waals surface area contributed by atoms with Gasteiger partial charge in [-0.2, -0.15) is 23.1 Å². The average Bonchev–Trinajstić information content (AvgIpc) is 3.15. The van der Waals surface area contributed by atoms with Gasteiger partial charge >= 0.3 is 0 Å². The zero-order chi connectivity index (χ0) is 18.8. The Hall–Kier alpha value is -1.05. The molecule has 3 fully saturated rings. The molecule has 0 unspecified atom stereocenters. The van der Waals surface area contributed by atoms with Crippen molar-refractivity contribution in [3.05, 3.63) is 22.4 Å². The van der Waals surface area contributed by atoms with E-state index in [1.165, 1.54) is 24.2 Å². The van der Waals surface area contributed by atoms with Gasteiger partial charge in [-0.3, -0.25) is 9.59 Å². The Balaban J connectivity index is 1.41. The van der Waals surface area contributed by atoms with Crippen LogP contribution in [0, 0.1) is 17.8 Å². The van der Waals surface area contributed by atoms with Crippen molar-refractivity contribution in [2.75, 3.05) is 31.7 Å². The van der Waals surface area contributed by atoms with Crippen LogP contribution >= 0.6 is 23.1 Å². The molecule has 1 aliphatic heterocycles. The average molecular weight is 409 g/mol. The van der Waals surface area contributed by atoms with Gasteiger partial charge in [0.05, 0.1) is 17.9 Å². The van der Waals surface area contributed by atoms with Crippen LogP contribution in [0.3, 0.4) is 0 Å². The Morgan fingerprint density at radius 3 is 2.74 bits per heavy atom. The van der Waals surface area contributed by atoms with E-state index in [4.69, 9.17) is 4.74 Å². The lowest BCUT2D eigenvalue weighted by Crippen LogP contribution is -2.50. The summed E-state index contributed by atoms with van der Waals surface area (Å²) in [6.07, 6.45) is 6.40. The molecule has 1 N–H and O–H groups in total. The molecule has 0 spiro atoms. The van der Waals surface area contributed by atoms with E-state index in [1.54, 1.807) is 11.8 Å². The number of hydrogen-bond donors (Lipinski definition) is 1. The van der Waals surface area contributed by atoms with Crippen LogP contribution in [0.1, 0.15) is 36.0 Å². The number of hydrogen-bond acceptors (Lipinski definition) is 5. The number of nitrogens with zero attached hydrogens (tertiary/aromatic N) is 1. The second-order valence-corrected chi connectivity index (χ2v) is 9.78. The van der Waals surface area contributed by atoms with E-state index in [1.807, 2.05) is 28.0 Å². The molecule has 2 aliphatic carbocycles. The molecule has 1 saturated heterocycles. The minimum Gasteiger partial charge on any atom is -0.376 e. The highest BCUT2D eigenvalue weighted by Gasteiger charge is 2.44. The Morgan fingerprint density at radius 1 is 1.30 bits per heavy atom. The molecule has 0 radical (unpaired) electrons. The number of amides is 2. The smallest absolute Gasteiger partial charge is 0.252 e. The van der Waals surface area contributed by atoms with E-state index in [-0.39, 0.29) is 24.0 Å². The quantitative estimate of drug-likeness (QED) is 0.754. The molecular weight excluding hydrogens is 380 g/mol. The van der Waals surface area contributed by atoms with Crippen LogP contribution in [0.5, 0.6) is 0 Å². The van der Waals surface area contributed by atoms with Gasteiger partial charge in [-0.15, -0.1) is 0 Å². The number of likely N-dealkylation sites (tertiary alicyclic amines) is 1. The number of nitrogens with one attached hydrogen (secondary N) is 1. The second-order valence-electron chi connectivity index (χ2n) is 8.13. The molecule has 1 aromatic rings. The highest BCUT2D eigenvalue weighted by Crippen LogP contribution is 2.39. The van der Waals surface area contributed by atoms with Crippen LogP contribution in [0.25, 0.3) is 0 Å². The van der Waals surface area contributed by atoms with Crippen molar-refractivity contribution in [1.29, 1.82) is 0 Å². The van der Waals surface area contributed by atoms with E-state index in [0.717, 1.165) is 38.1 Å². The summed E-state index contributed by atoms with van der Waals surface area (Å²) in [7, 11) is 0. The Morgan fingerprint density at radius 2 is 2.07 bits per heavy atom. The first-order valence-electron chi connectivity index (χ1n) is 9.85. The molecular formula is C20H28N2O3S2. The standard InChI is InChI=1S/C20H28N2O3S2/c1-26-12-19(23)22-8-15-6-17(21-20(24)14-4-5-27-11-14)18(7-16(15)9-22)25-10-13-2-3-13/h4-5,11,13,15-18H,2-3,6-10,12H2,1H3,(H,21,24)/t15-,16+,17-,18-/m0/s1. The largest absolute Gasteiger partial charge is 0.376 e. The first-order valence-corrected chi connectivity index (χ1v) is 12.2. The lowest BCUT2D eigenvalue weighted by atomic mass is 9.77. The summed E-state index contributed by atoms with van der Waals surface area (Å²) in [6, 6.07) is 1.90. The third kappa shape index (κ3) is 4.69. The minimum atomic E-state index is -0.00645. The fourth-order valence-electron chi connectivity index (χ4n) is 4.36. The summed E-state index contributed by atoms with van der Waals surface area (Å²) in [6.45, 7) is 2.48. The maximum atomic E-state index is 12.6. The number of thiophene rings is 1. The molecule has 148 valence electrons. The number of fused-ring (bicyclic) bond motifs is 1. The fraction of sp³-hybridized carbons (Fsp3) is 0.700. The van der Waals surface area contributed by atoms with Crippen LogP contribution in [-0.2, 0) is 9.53 Å². The van der Waals surface area contributed by atoms with Crippen molar-refractivity contribution in [2.45, 2.75) is 37.8 Å². The molecule has 2 heterocycles. The predicted molar refractivity (Wildman–Crippen MR) is 109 cm³/mol. The Bertz CT molecular complexity index is 662. The van der Waals surface area contributed by atoms with Crippen molar-refractivity contribution < 1.29 is 14.3 Å². The maximum Gasteiger partial charge on any atom is 0.252 e. The first-order chi connectivity index (χ1) is 13.1. The van der Waals surface area contributed by atoms with E-state index in [0.29, 0.717) is 23.5 Å². The highest BCUT2D eigenvalue weighted by atomic mass is 32.2. The molecule has 7 heteroatoms. The topological polar surface area (TPSA) is 58.6 Å². The van der Waals surface area contributed by atoms with Crippen LogP contribution in [0.15, 0.2) is 16.8 Å². The number of ether oxygens (including phenoxy) is 1. The van der Waals surface area contributed by atoms with E-state index >= 15 is 0 Å². The normalized spacial score (nSPS) is 30.2. The molecule has 1 aromatic heterocycles. The van der Waals surface area contributed by atoms with Gasteiger partial charge in [0.15, 0.2) is 0 Å². The first kappa shape index (κ1) is 19.3. The van der Waals surface area contributed by atoms with Gasteiger partial charge in [0.25, 0.3) is 5.91 Å². The summed E-state index contributed by atoms with van der Waals surface area (Å²) in [5, 5.41) is 7.05. The molecule has 2 amide bonds. The molecule has 0 aromatic carbocycles. The summed E-state index contributed by atoms with van der Waals surface area (Å²) in [4.78, 5) is 26.9. The summed E-state index contributed by atoms with van der Waals surface area (Å²) in [5.41, 5.74) is 0.728. The zero-order valence-electron chi connectivity index (χ0n) is 15.8. The monoisotopic (exact) mass is 408 g/mol. The van der Waals surface area contributed by atoms with Crippen LogP contribution in [0.2, 0.25) is 0 Å². The third-order valence-corrected chi connectivity index (χ3v) is 7.30. The number of carbonyl (C=O) groups is 2. The summed E-state index contributed by atoms with van der Waals surface area (Å²) < 4.78 is 6.27. The van der Waals surface area contributed by atoms with Gasteiger partial charge < -0.3 is 15.0 Å². The maximum absolute atomic E-state index is 12.6.